The van der Waals surface area contributed by atoms with E-state index in [9.17, 15) is 23.1 Å². The Hall–Kier alpha value is -2.60. The third-order valence-corrected chi connectivity index (χ3v) is 10.0. The molecule has 0 radical (unpaired) electrons. The van der Waals surface area contributed by atoms with Gasteiger partial charge in [0.25, 0.3) is 8.32 Å². The fraction of sp³-hybridized carbons (Fsp3) is 0.375. The van der Waals surface area contributed by atoms with Gasteiger partial charge in [0.15, 0.2) is 0 Å². The molecule has 0 spiro atoms. The van der Waals surface area contributed by atoms with E-state index in [0.29, 0.717) is 0 Å². The second-order valence-electron chi connectivity index (χ2n) is 8.18. The fourth-order valence-electron chi connectivity index (χ4n) is 3.54. The van der Waals surface area contributed by atoms with Crippen LogP contribution in [0, 0.1) is 11.8 Å². The molecule has 0 unspecified atom stereocenters. The van der Waals surface area contributed by atoms with E-state index in [1.165, 1.54) is 6.92 Å². The van der Waals surface area contributed by atoms with Crippen LogP contribution in [-0.2, 0) is 14.0 Å². The van der Waals surface area contributed by atoms with Crippen molar-refractivity contribution < 1.29 is 32.2 Å². The van der Waals surface area contributed by atoms with Crippen LogP contribution >= 0.6 is 0 Å². The van der Waals surface area contributed by atoms with Crippen LogP contribution in [-0.4, -0.2) is 44.4 Å². The van der Waals surface area contributed by atoms with Gasteiger partial charge in [-0.15, -0.1) is 0 Å². The average molecular weight is 465 g/mol. The summed E-state index contributed by atoms with van der Waals surface area (Å²) in [6.45, 7) is 6.64. The largest absolute Gasteiger partial charge is 0.463 e. The number of alkyl halides is 3. The second kappa shape index (κ2) is 9.90. The molecule has 2 aromatic rings. The lowest BCUT2D eigenvalue weighted by Gasteiger charge is -2.42. The number of hydrogen-bond donors (Lipinski definition) is 1. The van der Waals surface area contributed by atoms with E-state index in [-0.39, 0.29) is 6.61 Å². The maximum atomic E-state index is 13.4. The van der Waals surface area contributed by atoms with Crippen LogP contribution in [0.1, 0.15) is 27.7 Å². The molecule has 0 saturated heterocycles. The third kappa shape index (κ3) is 5.06. The SMILES string of the molecule is CCOC(=O)[C@](O)(C#CCO[Si](c1ccccc1)(c1ccccc1)C(C)(C)C)C(F)(F)F. The van der Waals surface area contributed by atoms with Crippen LogP contribution in [0.5, 0.6) is 0 Å². The first-order valence-corrected chi connectivity index (χ1v) is 12.0. The number of ether oxygens (including phenoxy) is 1. The number of rotatable bonds is 6. The molecule has 0 aromatic heterocycles. The highest BCUT2D eigenvalue weighted by molar-refractivity contribution is 6.99. The highest BCUT2D eigenvalue weighted by Crippen LogP contribution is 2.36. The maximum absolute atomic E-state index is 13.4. The zero-order valence-corrected chi connectivity index (χ0v) is 19.5. The van der Waals surface area contributed by atoms with Crippen molar-refractivity contribution >= 4 is 24.7 Å². The summed E-state index contributed by atoms with van der Waals surface area (Å²) in [5, 5.41) is 11.4. The van der Waals surface area contributed by atoms with E-state index < -0.39 is 37.7 Å². The predicted molar refractivity (Wildman–Crippen MR) is 119 cm³/mol. The fourth-order valence-corrected chi connectivity index (χ4v) is 7.99. The highest BCUT2D eigenvalue weighted by Gasteiger charge is 2.60. The first kappa shape index (κ1) is 25.7. The summed E-state index contributed by atoms with van der Waals surface area (Å²) in [5.41, 5.74) is -3.92. The van der Waals surface area contributed by atoms with E-state index in [2.05, 4.69) is 10.7 Å². The summed E-state index contributed by atoms with van der Waals surface area (Å²) in [6.07, 6.45) is -5.32. The van der Waals surface area contributed by atoms with E-state index >= 15 is 0 Å². The molecular weight excluding hydrogens is 437 g/mol. The summed E-state index contributed by atoms with van der Waals surface area (Å²) in [7, 11) is -3.02. The summed E-state index contributed by atoms with van der Waals surface area (Å²) in [6, 6.07) is 19.0. The number of esters is 1. The number of carbonyl (C=O) groups excluding carboxylic acids is 1. The van der Waals surface area contributed by atoms with Crippen LogP contribution in [0.15, 0.2) is 60.7 Å². The molecule has 0 bridgehead atoms. The Kier molecular flexibility index (Phi) is 7.94. The Morgan fingerprint density at radius 2 is 1.44 bits per heavy atom. The Labute approximate surface area is 187 Å². The van der Waals surface area contributed by atoms with Crippen molar-refractivity contribution in [2.75, 3.05) is 13.2 Å². The summed E-state index contributed by atoms with van der Waals surface area (Å²) >= 11 is 0. The number of hydrogen-bond acceptors (Lipinski definition) is 4. The molecule has 2 rings (SSSR count). The van der Waals surface area contributed by atoms with Crippen molar-refractivity contribution in [3.05, 3.63) is 60.7 Å². The number of carbonyl (C=O) groups is 1. The smallest absolute Gasteiger partial charge is 0.440 e. The zero-order chi connectivity index (χ0) is 24.0. The molecule has 2 aromatic carbocycles. The van der Waals surface area contributed by atoms with Crippen LogP contribution in [0.4, 0.5) is 13.2 Å². The van der Waals surface area contributed by atoms with Gasteiger partial charge in [0.1, 0.15) is 0 Å². The van der Waals surface area contributed by atoms with E-state index in [4.69, 9.17) is 4.43 Å². The molecule has 0 saturated carbocycles. The van der Waals surface area contributed by atoms with Gasteiger partial charge in [-0.3, -0.25) is 0 Å². The van der Waals surface area contributed by atoms with E-state index in [1.54, 1.807) is 5.92 Å². The molecule has 0 amide bonds. The maximum Gasteiger partial charge on any atom is 0.440 e. The molecule has 0 fully saturated rings. The molecular formula is C24H27F3O4Si. The standard InChI is InChI=1S/C24H27F3O4Si/c1-5-30-21(28)23(29,24(25,26)27)17-12-18-31-32(22(2,3)4,19-13-8-6-9-14-19)20-15-10-7-11-16-20/h6-11,13-16,29H,5,18H2,1-4H3/t23-/m1/s1. The minimum atomic E-state index is -5.32. The lowest BCUT2D eigenvalue weighted by atomic mass is 10.1. The van der Waals surface area contributed by atoms with Crippen molar-refractivity contribution in [3.63, 3.8) is 0 Å². The van der Waals surface area contributed by atoms with Crippen molar-refractivity contribution in [2.45, 2.75) is 44.5 Å². The van der Waals surface area contributed by atoms with Gasteiger partial charge in [-0.05, 0) is 28.3 Å². The van der Waals surface area contributed by atoms with Crippen LogP contribution < -0.4 is 10.4 Å². The first-order chi connectivity index (χ1) is 14.9. The molecule has 172 valence electrons. The Morgan fingerprint density at radius 3 is 1.81 bits per heavy atom. The number of halogens is 3. The van der Waals surface area contributed by atoms with Gasteiger partial charge in [-0.1, -0.05) is 87.4 Å². The summed E-state index contributed by atoms with van der Waals surface area (Å²) in [5.74, 6) is 2.03. The van der Waals surface area contributed by atoms with Crippen molar-refractivity contribution in [2.24, 2.45) is 0 Å². The molecule has 1 N–H and O–H groups in total. The van der Waals surface area contributed by atoms with Gasteiger partial charge in [0.05, 0.1) is 13.2 Å². The van der Waals surface area contributed by atoms with Gasteiger partial charge in [0.2, 0.25) is 0 Å². The number of benzene rings is 2. The Balaban J connectivity index is 2.51. The van der Waals surface area contributed by atoms with E-state index in [0.717, 1.165) is 10.4 Å². The Morgan fingerprint density at radius 1 is 0.969 bits per heavy atom. The minimum absolute atomic E-state index is 0.322. The lowest BCUT2D eigenvalue weighted by Crippen LogP contribution is -2.66. The molecule has 0 aliphatic rings. The highest BCUT2D eigenvalue weighted by atomic mass is 28.4. The van der Waals surface area contributed by atoms with Crippen LogP contribution in [0.2, 0.25) is 5.04 Å². The van der Waals surface area contributed by atoms with Crippen molar-refractivity contribution in [1.29, 1.82) is 0 Å². The molecule has 1 atom stereocenters. The topological polar surface area (TPSA) is 55.8 Å². The second-order valence-corrected chi connectivity index (χ2v) is 12.5. The zero-order valence-electron chi connectivity index (χ0n) is 18.5. The van der Waals surface area contributed by atoms with Gasteiger partial charge in [0, 0.05) is 0 Å². The molecule has 0 heterocycles. The summed E-state index contributed by atoms with van der Waals surface area (Å²) in [4.78, 5) is 11.8. The molecule has 8 heteroatoms. The molecule has 32 heavy (non-hydrogen) atoms. The summed E-state index contributed by atoms with van der Waals surface area (Å²) < 4.78 is 50.8. The van der Waals surface area contributed by atoms with Gasteiger partial charge in [-0.2, -0.15) is 13.2 Å². The quantitative estimate of drug-likeness (QED) is 0.404. The first-order valence-electron chi connectivity index (χ1n) is 10.1. The molecule has 0 aliphatic carbocycles. The van der Waals surface area contributed by atoms with Crippen LogP contribution in [0.25, 0.3) is 0 Å². The van der Waals surface area contributed by atoms with Crippen molar-refractivity contribution in [1.82, 2.24) is 0 Å². The van der Waals surface area contributed by atoms with Gasteiger partial charge in [-0.25, -0.2) is 4.79 Å². The van der Waals surface area contributed by atoms with Gasteiger partial charge < -0.3 is 14.3 Å². The average Bonchev–Trinajstić information content (AvgIpc) is 2.73. The molecule has 4 nitrogen and oxygen atoms in total. The monoisotopic (exact) mass is 464 g/mol. The van der Waals surface area contributed by atoms with E-state index in [1.807, 2.05) is 81.4 Å². The lowest BCUT2D eigenvalue weighted by molar-refractivity contribution is -0.242. The minimum Gasteiger partial charge on any atom is -0.463 e. The normalized spacial score (nSPS) is 14.1. The van der Waals surface area contributed by atoms with Crippen molar-refractivity contribution in [3.8, 4) is 11.8 Å². The van der Waals surface area contributed by atoms with Crippen LogP contribution in [0.3, 0.4) is 0 Å². The van der Waals surface area contributed by atoms with Gasteiger partial charge >= 0.3 is 17.7 Å². The molecule has 0 aliphatic heterocycles. The Bertz CT molecular complexity index is 920. The third-order valence-electron chi connectivity index (χ3n) is 5.03. The predicted octanol–water partition coefficient (Wildman–Crippen LogP) is 3.42. The number of aliphatic hydroxyl groups is 1.